The Labute approximate surface area is 157 Å². The predicted octanol–water partition coefficient (Wildman–Crippen LogP) is 3.63. The van der Waals surface area contributed by atoms with Gasteiger partial charge in [-0.2, -0.15) is 10.2 Å². The van der Waals surface area contributed by atoms with Gasteiger partial charge in [0.2, 0.25) is 11.7 Å². The number of piperidine rings is 1. The third-order valence-electron chi connectivity index (χ3n) is 4.84. The summed E-state index contributed by atoms with van der Waals surface area (Å²) in [5.74, 6) is 1.34. The zero-order valence-electron chi connectivity index (χ0n) is 14.7. The maximum absolute atomic E-state index is 12.7. The maximum Gasteiger partial charge on any atom is 0.253 e. The van der Waals surface area contributed by atoms with Gasteiger partial charge in [-0.3, -0.25) is 4.79 Å². The van der Waals surface area contributed by atoms with Gasteiger partial charge in [-0.05, 0) is 31.0 Å². The van der Waals surface area contributed by atoms with Crippen molar-refractivity contribution in [1.82, 2.24) is 15.0 Å². The van der Waals surface area contributed by atoms with E-state index in [2.05, 4.69) is 16.2 Å². The molecule has 1 saturated heterocycles. The molecule has 0 N–H and O–H groups in total. The quantitative estimate of drug-likeness (QED) is 0.714. The summed E-state index contributed by atoms with van der Waals surface area (Å²) in [7, 11) is 0. The summed E-state index contributed by atoms with van der Waals surface area (Å²) in [5, 5.41) is 13.1. The molecular formula is C21H18N4O2. The van der Waals surface area contributed by atoms with E-state index < -0.39 is 0 Å². The molecule has 0 unspecified atom stereocenters. The average molecular weight is 358 g/mol. The van der Waals surface area contributed by atoms with Gasteiger partial charge >= 0.3 is 0 Å². The second-order valence-electron chi connectivity index (χ2n) is 6.58. The highest BCUT2D eigenvalue weighted by Gasteiger charge is 2.28. The Morgan fingerprint density at radius 1 is 1.11 bits per heavy atom. The number of carbonyl (C=O) groups is 1. The predicted molar refractivity (Wildman–Crippen MR) is 98.8 cm³/mol. The van der Waals surface area contributed by atoms with Gasteiger partial charge in [-0.15, -0.1) is 0 Å². The largest absolute Gasteiger partial charge is 0.339 e. The van der Waals surface area contributed by atoms with Gasteiger partial charge in [0.15, 0.2) is 0 Å². The highest BCUT2D eigenvalue weighted by Crippen LogP contribution is 2.29. The van der Waals surface area contributed by atoms with E-state index in [-0.39, 0.29) is 11.8 Å². The highest BCUT2D eigenvalue weighted by molar-refractivity contribution is 5.94. The van der Waals surface area contributed by atoms with Crippen molar-refractivity contribution >= 4 is 5.91 Å². The van der Waals surface area contributed by atoms with Crippen LogP contribution in [0.4, 0.5) is 0 Å². The number of likely N-dealkylation sites (tertiary alicyclic amines) is 1. The van der Waals surface area contributed by atoms with Gasteiger partial charge in [0.25, 0.3) is 5.91 Å². The first-order valence-electron chi connectivity index (χ1n) is 8.93. The van der Waals surface area contributed by atoms with Crippen molar-refractivity contribution in [2.45, 2.75) is 18.8 Å². The van der Waals surface area contributed by atoms with E-state index in [9.17, 15) is 4.79 Å². The lowest BCUT2D eigenvalue weighted by molar-refractivity contribution is 0.0704. The molecule has 2 heterocycles. The molecule has 6 heteroatoms. The summed E-state index contributed by atoms with van der Waals surface area (Å²) in [6.07, 6.45) is 1.56. The lowest BCUT2D eigenvalue weighted by atomic mass is 9.96. The molecule has 1 aromatic heterocycles. The van der Waals surface area contributed by atoms with Gasteiger partial charge in [0, 0.05) is 30.1 Å². The summed E-state index contributed by atoms with van der Waals surface area (Å²) in [6, 6.07) is 18.6. The molecule has 27 heavy (non-hydrogen) atoms. The monoisotopic (exact) mass is 358 g/mol. The van der Waals surface area contributed by atoms with E-state index in [1.54, 1.807) is 24.3 Å². The Bertz CT molecular complexity index is 983. The smallest absolute Gasteiger partial charge is 0.253 e. The molecule has 0 radical (unpaired) electrons. The molecule has 4 rings (SSSR count). The molecule has 134 valence electrons. The van der Waals surface area contributed by atoms with Crippen LogP contribution >= 0.6 is 0 Å². The van der Waals surface area contributed by atoms with Crippen molar-refractivity contribution in [3.05, 3.63) is 71.6 Å². The molecule has 0 spiro atoms. The first kappa shape index (κ1) is 17.0. The molecule has 0 saturated carbocycles. The van der Waals surface area contributed by atoms with Crippen LogP contribution in [-0.2, 0) is 0 Å². The Morgan fingerprint density at radius 2 is 1.89 bits per heavy atom. The second-order valence-corrected chi connectivity index (χ2v) is 6.58. The standard InChI is InChI=1S/C21H18N4O2/c22-14-15-5-4-8-18(13-15)21(26)25-11-9-17(10-12-25)20-23-19(24-27-20)16-6-2-1-3-7-16/h1-8,13,17H,9-12H2. The molecule has 1 aliphatic rings. The van der Waals surface area contributed by atoms with Gasteiger partial charge in [-0.1, -0.05) is 41.6 Å². The number of nitriles is 1. The fraction of sp³-hybridized carbons (Fsp3) is 0.238. The zero-order chi connectivity index (χ0) is 18.6. The first-order chi connectivity index (χ1) is 13.2. The molecule has 6 nitrogen and oxygen atoms in total. The minimum absolute atomic E-state index is 0.0407. The number of aromatic nitrogens is 2. The minimum atomic E-state index is -0.0407. The summed E-state index contributed by atoms with van der Waals surface area (Å²) in [4.78, 5) is 19.0. The van der Waals surface area contributed by atoms with Crippen molar-refractivity contribution in [2.24, 2.45) is 0 Å². The molecule has 1 aliphatic heterocycles. The van der Waals surface area contributed by atoms with Crippen LogP contribution in [0, 0.1) is 11.3 Å². The van der Waals surface area contributed by atoms with Gasteiger partial charge < -0.3 is 9.42 Å². The van der Waals surface area contributed by atoms with E-state index in [1.807, 2.05) is 35.2 Å². The normalized spacial score (nSPS) is 14.7. The third kappa shape index (κ3) is 3.58. The number of hydrogen-bond donors (Lipinski definition) is 0. The number of rotatable bonds is 3. The number of hydrogen-bond acceptors (Lipinski definition) is 5. The van der Waals surface area contributed by atoms with E-state index in [0.717, 1.165) is 18.4 Å². The van der Waals surface area contributed by atoms with E-state index in [1.165, 1.54) is 0 Å². The summed E-state index contributed by atoms with van der Waals surface area (Å²) in [6.45, 7) is 1.26. The summed E-state index contributed by atoms with van der Waals surface area (Å²) in [5.41, 5.74) is 1.98. The molecular weight excluding hydrogens is 340 g/mol. The fourth-order valence-corrected chi connectivity index (χ4v) is 3.34. The number of benzene rings is 2. The van der Waals surface area contributed by atoms with E-state index >= 15 is 0 Å². The molecule has 0 atom stereocenters. The average Bonchev–Trinajstić information content (AvgIpc) is 3.24. The van der Waals surface area contributed by atoms with E-state index in [0.29, 0.717) is 35.9 Å². The summed E-state index contributed by atoms with van der Waals surface area (Å²) >= 11 is 0. The Balaban J connectivity index is 1.41. The molecule has 0 bridgehead atoms. The molecule has 1 fully saturated rings. The molecule has 3 aromatic rings. The Morgan fingerprint density at radius 3 is 2.63 bits per heavy atom. The Kier molecular flexibility index (Phi) is 4.67. The lowest BCUT2D eigenvalue weighted by Gasteiger charge is -2.30. The fourth-order valence-electron chi connectivity index (χ4n) is 3.34. The second kappa shape index (κ2) is 7.42. The number of amides is 1. The lowest BCUT2D eigenvalue weighted by Crippen LogP contribution is -2.38. The molecule has 1 amide bonds. The Hall–Kier alpha value is -3.46. The topological polar surface area (TPSA) is 83.0 Å². The zero-order valence-corrected chi connectivity index (χ0v) is 14.7. The summed E-state index contributed by atoms with van der Waals surface area (Å²) < 4.78 is 5.47. The van der Waals surface area contributed by atoms with Crippen molar-refractivity contribution in [1.29, 1.82) is 5.26 Å². The van der Waals surface area contributed by atoms with Crippen molar-refractivity contribution in [3.8, 4) is 17.5 Å². The van der Waals surface area contributed by atoms with Crippen LogP contribution in [-0.4, -0.2) is 34.0 Å². The maximum atomic E-state index is 12.7. The van der Waals surface area contributed by atoms with Gasteiger partial charge in [0.05, 0.1) is 11.6 Å². The number of nitrogens with zero attached hydrogens (tertiary/aromatic N) is 4. The van der Waals surface area contributed by atoms with Crippen LogP contribution in [0.3, 0.4) is 0 Å². The van der Waals surface area contributed by atoms with Crippen molar-refractivity contribution < 1.29 is 9.32 Å². The van der Waals surface area contributed by atoms with Crippen LogP contribution < -0.4 is 0 Å². The number of carbonyl (C=O) groups excluding carboxylic acids is 1. The first-order valence-corrected chi connectivity index (χ1v) is 8.93. The van der Waals surface area contributed by atoms with Crippen LogP contribution in [0.25, 0.3) is 11.4 Å². The van der Waals surface area contributed by atoms with Gasteiger partial charge in [-0.25, -0.2) is 0 Å². The SMILES string of the molecule is N#Cc1cccc(C(=O)N2CCC(c3nc(-c4ccccc4)no3)CC2)c1. The van der Waals surface area contributed by atoms with Crippen molar-refractivity contribution in [3.63, 3.8) is 0 Å². The molecule has 2 aromatic carbocycles. The van der Waals surface area contributed by atoms with Crippen LogP contribution in [0.2, 0.25) is 0 Å². The highest BCUT2D eigenvalue weighted by atomic mass is 16.5. The van der Waals surface area contributed by atoms with Crippen LogP contribution in [0.5, 0.6) is 0 Å². The van der Waals surface area contributed by atoms with Crippen LogP contribution in [0.1, 0.15) is 40.6 Å². The van der Waals surface area contributed by atoms with Gasteiger partial charge in [0.1, 0.15) is 0 Å². The minimum Gasteiger partial charge on any atom is -0.339 e. The van der Waals surface area contributed by atoms with Crippen LogP contribution in [0.15, 0.2) is 59.1 Å². The van der Waals surface area contributed by atoms with Crippen molar-refractivity contribution in [2.75, 3.05) is 13.1 Å². The van der Waals surface area contributed by atoms with E-state index in [4.69, 9.17) is 9.78 Å². The molecule has 0 aliphatic carbocycles. The third-order valence-corrected chi connectivity index (χ3v) is 4.84.